The summed E-state index contributed by atoms with van der Waals surface area (Å²) in [5, 5.41) is 0.476. The molecule has 0 atom stereocenters. The van der Waals surface area contributed by atoms with Crippen LogP contribution in [0.3, 0.4) is 0 Å². The molecule has 0 bridgehead atoms. The van der Waals surface area contributed by atoms with E-state index in [9.17, 15) is 4.79 Å². The van der Waals surface area contributed by atoms with Gasteiger partial charge >= 0.3 is 5.97 Å². The molecule has 5 heteroatoms. The van der Waals surface area contributed by atoms with Gasteiger partial charge in [0.2, 0.25) is 0 Å². The summed E-state index contributed by atoms with van der Waals surface area (Å²) in [5.74, 6) is -0.222. The van der Waals surface area contributed by atoms with E-state index in [1.165, 1.54) is 7.11 Å². The second-order valence-electron chi connectivity index (χ2n) is 3.78. The van der Waals surface area contributed by atoms with E-state index in [1.54, 1.807) is 12.3 Å². The van der Waals surface area contributed by atoms with Gasteiger partial charge in [0, 0.05) is 12.7 Å². The Morgan fingerprint density at radius 2 is 2.29 bits per heavy atom. The number of pyridine rings is 1. The van der Waals surface area contributed by atoms with Gasteiger partial charge < -0.3 is 4.74 Å². The minimum Gasteiger partial charge on any atom is -0.468 e. The molecule has 0 aliphatic carbocycles. The van der Waals surface area contributed by atoms with E-state index < -0.39 is 0 Å². The smallest absolute Gasteiger partial charge is 0.319 e. The number of nitrogens with zero attached hydrogens (tertiary/aromatic N) is 2. The normalized spacial score (nSPS) is 10.6. The molecule has 0 aliphatic heterocycles. The number of methoxy groups -OCH3 is 1. The summed E-state index contributed by atoms with van der Waals surface area (Å²) < 4.78 is 4.67. The fourth-order valence-corrected chi connectivity index (χ4v) is 1.65. The minimum atomic E-state index is -0.222. The standard InChI is InChI=1S/C12H17ClN2O2/c1-3-6-15(9-12(16)17-2)8-10-4-5-11(13)14-7-10/h4-5,7H,3,6,8-9H2,1-2H3. The van der Waals surface area contributed by atoms with Gasteiger partial charge in [0.25, 0.3) is 0 Å². The molecule has 0 aliphatic rings. The molecule has 17 heavy (non-hydrogen) atoms. The molecule has 0 saturated carbocycles. The molecule has 0 spiro atoms. The number of rotatable bonds is 6. The van der Waals surface area contributed by atoms with Crippen molar-refractivity contribution in [1.29, 1.82) is 0 Å². The van der Waals surface area contributed by atoms with Crippen LogP contribution in [0, 0.1) is 0 Å². The van der Waals surface area contributed by atoms with Gasteiger partial charge in [0.1, 0.15) is 5.15 Å². The summed E-state index contributed by atoms with van der Waals surface area (Å²) >= 11 is 5.72. The fraction of sp³-hybridized carbons (Fsp3) is 0.500. The van der Waals surface area contributed by atoms with Crippen LogP contribution in [-0.4, -0.2) is 36.1 Å². The predicted octanol–water partition coefficient (Wildman–Crippen LogP) is 2.12. The SMILES string of the molecule is CCCN(CC(=O)OC)Cc1ccc(Cl)nc1. The third-order valence-electron chi connectivity index (χ3n) is 2.32. The number of halogens is 1. The number of hydrogen-bond donors (Lipinski definition) is 0. The number of aromatic nitrogens is 1. The molecule has 0 amide bonds. The molecule has 0 aromatic carbocycles. The van der Waals surface area contributed by atoms with Crippen LogP contribution in [0.5, 0.6) is 0 Å². The molecule has 1 aromatic rings. The maximum absolute atomic E-state index is 11.2. The number of esters is 1. The van der Waals surface area contributed by atoms with Crippen molar-refractivity contribution >= 4 is 17.6 Å². The van der Waals surface area contributed by atoms with E-state index >= 15 is 0 Å². The van der Waals surface area contributed by atoms with Crippen molar-refractivity contribution in [2.24, 2.45) is 0 Å². The molecule has 0 fully saturated rings. The zero-order chi connectivity index (χ0) is 12.7. The van der Waals surface area contributed by atoms with Gasteiger partial charge in [-0.15, -0.1) is 0 Å². The van der Waals surface area contributed by atoms with E-state index in [4.69, 9.17) is 11.6 Å². The third-order valence-corrected chi connectivity index (χ3v) is 2.54. The average Bonchev–Trinajstić information content (AvgIpc) is 2.32. The second-order valence-corrected chi connectivity index (χ2v) is 4.16. The van der Waals surface area contributed by atoms with Crippen molar-refractivity contribution < 1.29 is 9.53 Å². The Bertz CT molecular complexity index is 354. The van der Waals surface area contributed by atoms with Gasteiger partial charge in [-0.05, 0) is 24.6 Å². The van der Waals surface area contributed by atoms with Crippen molar-refractivity contribution in [3.05, 3.63) is 29.0 Å². The quantitative estimate of drug-likeness (QED) is 0.578. The van der Waals surface area contributed by atoms with E-state index in [-0.39, 0.29) is 5.97 Å². The molecular formula is C12H17ClN2O2. The second kappa shape index (κ2) is 7.25. The summed E-state index contributed by atoms with van der Waals surface area (Å²) in [6.45, 7) is 3.89. The lowest BCUT2D eigenvalue weighted by atomic mass is 10.2. The van der Waals surface area contributed by atoms with Crippen molar-refractivity contribution in [3.8, 4) is 0 Å². The van der Waals surface area contributed by atoms with E-state index in [0.717, 1.165) is 18.5 Å². The maximum Gasteiger partial charge on any atom is 0.319 e. The van der Waals surface area contributed by atoms with Crippen LogP contribution in [0.2, 0.25) is 5.15 Å². The van der Waals surface area contributed by atoms with Crippen molar-refractivity contribution in [1.82, 2.24) is 9.88 Å². The van der Waals surface area contributed by atoms with Crippen LogP contribution in [0.15, 0.2) is 18.3 Å². The summed E-state index contributed by atoms with van der Waals surface area (Å²) in [4.78, 5) is 17.3. The monoisotopic (exact) mass is 256 g/mol. The lowest BCUT2D eigenvalue weighted by Crippen LogP contribution is -2.30. The summed E-state index contributed by atoms with van der Waals surface area (Å²) in [6, 6.07) is 3.66. The Hall–Kier alpha value is -1.13. The van der Waals surface area contributed by atoms with Crippen molar-refractivity contribution in [3.63, 3.8) is 0 Å². The first-order valence-electron chi connectivity index (χ1n) is 5.55. The highest BCUT2D eigenvalue weighted by Crippen LogP contribution is 2.08. The fourth-order valence-electron chi connectivity index (χ4n) is 1.54. The van der Waals surface area contributed by atoms with Crippen LogP contribution >= 0.6 is 11.6 Å². The van der Waals surface area contributed by atoms with Crippen LogP contribution in [0.4, 0.5) is 0 Å². The first kappa shape index (κ1) is 13.9. The summed E-state index contributed by atoms with van der Waals surface area (Å²) in [7, 11) is 1.40. The van der Waals surface area contributed by atoms with Gasteiger partial charge in [0.15, 0.2) is 0 Å². The molecular weight excluding hydrogens is 240 g/mol. The number of carbonyl (C=O) groups is 1. The highest BCUT2D eigenvalue weighted by atomic mass is 35.5. The third kappa shape index (κ3) is 5.15. The average molecular weight is 257 g/mol. The summed E-state index contributed by atoms with van der Waals surface area (Å²) in [6.07, 6.45) is 2.71. The molecule has 1 heterocycles. The largest absolute Gasteiger partial charge is 0.468 e. The number of hydrogen-bond acceptors (Lipinski definition) is 4. The number of ether oxygens (including phenoxy) is 1. The molecule has 0 unspecified atom stereocenters. The van der Waals surface area contributed by atoms with Crippen LogP contribution in [-0.2, 0) is 16.1 Å². The predicted molar refractivity (Wildman–Crippen MR) is 66.8 cm³/mol. The van der Waals surface area contributed by atoms with E-state index in [1.807, 2.05) is 11.0 Å². The highest BCUT2D eigenvalue weighted by molar-refractivity contribution is 6.29. The molecule has 1 rings (SSSR count). The van der Waals surface area contributed by atoms with Gasteiger partial charge in [-0.25, -0.2) is 4.98 Å². The van der Waals surface area contributed by atoms with Crippen molar-refractivity contribution in [2.45, 2.75) is 19.9 Å². The van der Waals surface area contributed by atoms with E-state index in [0.29, 0.717) is 18.2 Å². The van der Waals surface area contributed by atoms with E-state index in [2.05, 4.69) is 16.6 Å². The highest BCUT2D eigenvalue weighted by Gasteiger charge is 2.10. The van der Waals surface area contributed by atoms with Crippen LogP contribution in [0.25, 0.3) is 0 Å². The van der Waals surface area contributed by atoms with Gasteiger partial charge in [-0.2, -0.15) is 0 Å². The Kier molecular flexibility index (Phi) is 5.94. The summed E-state index contributed by atoms with van der Waals surface area (Å²) in [5.41, 5.74) is 1.03. The maximum atomic E-state index is 11.2. The lowest BCUT2D eigenvalue weighted by Gasteiger charge is -2.20. The van der Waals surface area contributed by atoms with Gasteiger partial charge in [0.05, 0.1) is 13.7 Å². The molecule has 94 valence electrons. The molecule has 0 radical (unpaired) electrons. The van der Waals surface area contributed by atoms with Crippen LogP contribution in [0.1, 0.15) is 18.9 Å². The molecule has 1 aromatic heterocycles. The lowest BCUT2D eigenvalue weighted by molar-refractivity contribution is -0.142. The molecule has 4 nitrogen and oxygen atoms in total. The van der Waals surface area contributed by atoms with Crippen LogP contribution < -0.4 is 0 Å². The van der Waals surface area contributed by atoms with Gasteiger partial charge in [-0.3, -0.25) is 9.69 Å². The Labute approximate surface area is 107 Å². The zero-order valence-corrected chi connectivity index (χ0v) is 10.9. The molecule has 0 N–H and O–H groups in total. The topological polar surface area (TPSA) is 42.4 Å². The van der Waals surface area contributed by atoms with Gasteiger partial charge in [-0.1, -0.05) is 24.6 Å². The van der Waals surface area contributed by atoms with Crippen molar-refractivity contribution in [2.75, 3.05) is 20.2 Å². The first-order chi connectivity index (χ1) is 8.15. The Balaban J connectivity index is 2.59. The molecule has 0 saturated heterocycles. The first-order valence-corrected chi connectivity index (χ1v) is 5.93. The Morgan fingerprint density at radius 1 is 1.53 bits per heavy atom. The zero-order valence-electron chi connectivity index (χ0n) is 10.1. The Morgan fingerprint density at radius 3 is 2.82 bits per heavy atom. The minimum absolute atomic E-state index is 0.222. The number of carbonyl (C=O) groups excluding carboxylic acids is 1.